The number of halogens is 4. The molecule has 11 heteroatoms. The zero-order valence-corrected chi connectivity index (χ0v) is 17.3. The second kappa shape index (κ2) is 7.61. The number of hydrogen-bond acceptors (Lipinski definition) is 5. The smallest absolute Gasteiger partial charge is 0.419 e. The van der Waals surface area contributed by atoms with E-state index < -0.39 is 21.8 Å². The van der Waals surface area contributed by atoms with Crippen molar-refractivity contribution < 1.29 is 26.3 Å². The third-order valence-electron chi connectivity index (χ3n) is 3.99. The molecule has 148 valence electrons. The Labute approximate surface area is 167 Å². The molecule has 27 heavy (non-hydrogen) atoms. The molecule has 5 nitrogen and oxygen atoms in total. The summed E-state index contributed by atoms with van der Waals surface area (Å²) in [5.41, 5.74) is -0.923. The number of rotatable bonds is 5. The average Bonchev–Trinajstić information content (AvgIpc) is 3.15. The Bertz CT molecular complexity index is 931. The normalized spacial score (nSPS) is 18.6. The van der Waals surface area contributed by atoms with Gasteiger partial charge < -0.3 is 9.64 Å². The topological polar surface area (TPSA) is 58.6 Å². The van der Waals surface area contributed by atoms with Crippen molar-refractivity contribution in [3.63, 3.8) is 0 Å². The molecule has 1 fully saturated rings. The molecule has 1 saturated heterocycles. The summed E-state index contributed by atoms with van der Waals surface area (Å²) in [6.07, 6.45) is -4.38. The highest BCUT2D eigenvalue weighted by atomic mass is 79.9. The molecule has 0 amide bonds. The molecule has 1 atom stereocenters. The predicted molar refractivity (Wildman–Crippen MR) is 101 cm³/mol. The minimum absolute atomic E-state index is 0.00822. The second-order valence-corrected chi connectivity index (χ2v) is 10.5. The standard InChI is InChI=1S/C16H16BrF3N2O3S2/c1-22-7-6-11(9-22)25-13-8-10(2-3-12(13)16(18,19)20)21-27(23,24)15-5-4-14(17)26-15/h2-5,8,11,21H,6-7,9H2,1H3/t11-/m1/s1. The van der Waals surface area contributed by atoms with Crippen LogP contribution in [0.15, 0.2) is 38.3 Å². The molecule has 0 unspecified atom stereocenters. The summed E-state index contributed by atoms with van der Waals surface area (Å²) in [5, 5.41) is 0. The Hall–Kier alpha value is -1.30. The van der Waals surface area contributed by atoms with Crippen molar-refractivity contribution in [2.75, 3.05) is 24.9 Å². The van der Waals surface area contributed by atoms with Crippen molar-refractivity contribution in [2.45, 2.75) is 22.9 Å². The van der Waals surface area contributed by atoms with E-state index in [1.807, 2.05) is 11.9 Å². The minimum atomic E-state index is -4.60. The van der Waals surface area contributed by atoms with Crippen molar-refractivity contribution in [2.24, 2.45) is 0 Å². The van der Waals surface area contributed by atoms with Gasteiger partial charge in [-0.15, -0.1) is 11.3 Å². The highest BCUT2D eigenvalue weighted by Crippen LogP contribution is 2.39. The zero-order chi connectivity index (χ0) is 19.8. The Morgan fingerprint density at radius 1 is 1.30 bits per heavy atom. The lowest BCUT2D eigenvalue weighted by atomic mass is 10.1. The Morgan fingerprint density at radius 2 is 2.04 bits per heavy atom. The van der Waals surface area contributed by atoms with Crippen LogP contribution in [0.3, 0.4) is 0 Å². The first-order valence-electron chi connectivity index (χ1n) is 7.89. The van der Waals surface area contributed by atoms with Crippen LogP contribution in [0.5, 0.6) is 5.75 Å². The molecule has 1 aliphatic heterocycles. The third-order valence-corrected chi connectivity index (χ3v) is 7.49. The van der Waals surface area contributed by atoms with Gasteiger partial charge in [-0.25, -0.2) is 8.42 Å². The summed E-state index contributed by atoms with van der Waals surface area (Å²) in [4.78, 5) is 1.96. The maximum atomic E-state index is 13.3. The number of benzene rings is 1. The largest absolute Gasteiger partial charge is 0.488 e. The monoisotopic (exact) mass is 484 g/mol. The summed E-state index contributed by atoms with van der Waals surface area (Å²) in [7, 11) is -2.04. The van der Waals surface area contributed by atoms with Gasteiger partial charge in [0.25, 0.3) is 10.0 Å². The maximum absolute atomic E-state index is 13.3. The lowest BCUT2D eigenvalue weighted by Crippen LogP contribution is -2.23. The van der Waals surface area contributed by atoms with Crippen LogP contribution < -0.4 is 9.46 Å². The molecule has 2 aromatic rings. The first kappa shape index (κ1) is 20.4. The fraction of sp³-hybridized carbons (Fsp3) is 0.375. The molecule has 1 aliphatic rings. The quantitative estimate of drug-likeness (QED) is 0.682. The number of likely N-dealkylation sites (tertiary alicyclic amines) is 1. The van der Waals surface area contributed by atoms with Crippen molar-refractivity contribution in [1.29, 1.82) is 0 Å². The van der Waals surface area contributed by atoms with Gasteiger partial charge in [0.05, 0.1) is 15.0 Å². The van der Waals surface area contributed by atoms with Gasteiger partial charge in [0.2, 0.25) is 0 Å². The van der Waals surface area contributed by atoms with Crippen LogP contribution in [0.4, 0.5) is 18.9 Å². The number of ether oxygens (including phenoxy) is 1. The van der Waals surface area contributed by atoms with Gasteiger partial charge >= 0.3 is 6.18 Å². The fourth-order valence-electron chi connectivity index (χ4n) is 2.74. The van der Waals surface area contributed by atoms with Crippen LogP contribution in [-0.2, 0) is 16.2 Å². The molecule has 1 aromatic carbocycles. The van der Waals surface area contributed by atoms with Crippen molar-refractivity contribution in [3.05, 3.63) is 39.7 Å². The van der Waals surface area contributed by atoms with E-state index in [0.29, 0.717) is 16.8 Å². The van der Waals surface area contributed by atoms with E-state index in [-0.39, 0.29) is 21.8 Å². The minimum Gasteiger partial charge on any atom is -0.488 e. The van der Waals surface area contributed by atoms with Crippen LogP contribution in [0, 0.1) is 0 Å². The van der Waals surface area contributed by atoms with E-state index >= 15 is 0 Å². The van der Waals surface area contributed by atoms with E-state index in [2.05, 4.69) is 20.7 Å². The van der Waals surface area contributed by atoms with Crippen LogP contribution in [0.1, 0.15) is 12.0 Å². The molecule has 3 rings (SSSR count). The molecule has 0 spiro atoms. The number of sulfonamides is 1. The molecular weight excluding hydrogens is 469 g/mol. The van der Waals surface area contributed by atoms with Crippen molar-refractivity contribution >= 4 is 43.0 Å². The van der Waals surface area contributed by atoms with E-state index in [1.165, 1.54) is 6.07 Å². The Kier molecular flexibility index (Phi) is 5.76. The number of anilines is 1. The van der Waals surface area contributed by atoms with Crippen LogP contribution >= 0.6 is 27.3 Å². The number of thiophene rings is 1. The van der Waals surface area contributed by atoms with Crippen molar-refractivity contribution in [1.82, 2.24) is 4.90 Å². The number of likely N-dealkylation sites (N-methyl/N-ethyl adjacent to an activating group) is 1. The van der Waals surface area contributed by atoms with Crippen molar-refractivity contribution in [3.8, 4) is 5.75 Å². The van der Waals surface area contributed by atoms with E-state index in [0.717, 1.165) is 36.1 Å². The first-order chi connectivity index (χ1) is 12.5. The predicted octanol–water partition coefficient (Wildman–Crippen LogP) is 4.41. The Balaban J connectivity index is 1.89. The average molecular weight is 485 g/mol. The molecule has 2 heterocycles. The lowest BCUT2D eigenvalue weighted by molar-refractivity contribution is -0.139. The molecular formula is C16H16BrF3N2O3S2. The van der Waals surface area contributed by atoms with Gasteiger partial charge in [-0.3, -0.25) is 4.72 Å². The number of hydrogen-bond donors (Lipinski definition) is 1. The highest BCUT2D eigenvalue weighted by Gasteiger charge is 2.36. The molecule has 0 radical (unpaired) electrons. The summed E-state index contributed by atoms with van der Waals surface area (Å²) in [6, 6.07) is 5.98. The third kappa shape index (κ3) is 4.95. The van der Waals surface area contributed by atoms with E-state index in [1.54, 1.807) is 6.07 Å². The molecule has 0 saturated carbocycles. The second-order valence-electron chi connectivity index (χ2n) is 6.16. The van der Waals surface area contributed by atoms with Crippen LogP contribution in [0.25, 0.3) is 0 Å². The van der Waals surface area contributed by atoms with Gasteiger partial charge in [-0.2, -0.15) is 13.2 Å². The number of nitrogens with one attached hydrogen (secondary N) is 1. The summed E-state index contributed by atoms with van der Waals surface area (Å²) in [5.74, 6) is -0.379. The number of nitrogens with zero attached hydrogens (tertiary/aromatic N) is 1. The molecule has 1 aromatic heterocycles. The van der Waals surface area contributed by atoms with Gasteiger partial charge in [0, 0.05) is 19.2 Å². The first-order valence-corrected chi connectivity index (χ1v) is 11.0. The molecule has 0 bridgehead atoms. The molecule has 1 N–H and O–H groups in total. The fourth-order valence-corrected chi connectivity index (χ4v) is 5.79. The zero-order valence-electron chi connectivity index (χ0n) is 14.1. The highest BCUT2D eigenvalue weighted by molar-refractivity contribution is 9.11. The van der Waals surface area contributed by atoms with Gasteiger partial charge in [0.1, 0.15) is 16.1 Å². The van der Waals surface area contributed by atoms with E-state index in [4.69, 9.17) is 4.74 Å². The summed E-state index contributed by atoms with van der Waals surface area (Å²) < 4.78 is 73.3. The van der Waals surface area contributed by atoms with Crippen LogP contribution in [0.2, 0.25) is 0 Å². The van der Waals surface area contributed by atoms with Crippen LogP contribution in [-0.4, -0.2) is 39.6 Å². The Morgan fingerprint density at radius 3 is 2.59 bits per heavy atom. The summed E-state index contributed by atoms with van der Waals surface area (Å²) in [6.45, 7) is 1.24. The maximum Gasteiger partial charge on any atom is 0.419 e. The van der Waals surface area contributed by atoms with Gasteiger partial charge in [-0.1, -0.05) is 0 Å². The lowest BCUT2D eigenvalue weighted by Gasteiger charge is -2.19. The SMILES string of the molecule is CN1CC[C@@H](Oc2cc(NS(=O)(=O)c3ccc(Br)s3)ccc2C(F)(F)F)C1. The molecule has 0 aliphatic carbocycles. The van der Waals surface area contributed by atoms with E-state index in [9.17, 15) is 21.6 Å². The van der Waals surface area contributed by atoms with Gasteiger partial charge in [-0.05, 0) is 53.7 Å². The summed E-state index contributed by atoms with van der Waals surface area (Å²) >= 11 is 4.19. The number of alkyl halides is 3. The van der Waals surface area contributed by atoms with Gasteiger partial charge in [0.15, 0.2) is 0 Å².